The minimum absolute atomic E-state index is 0.200. The number of aromatic nitrogens is 4. The van der Waals surface area contributed by atoms with Gasteiger partial charge in [-0.25, -0.2) is 19.9 Å². The molecule has 2 fully saturated rings. The molecule has 1 atom stereocenters. The number of carboxylic acid groups (broad SMARTS) is 1. The van der Waals surface area contributed by atoms with Crippen molar-refractivity contribution in [2.24, 2.45) is 5.92 Å². The average molecular weight is 583 g/mol. The van der Waals surface area contributed by atoms with Crippen LogP contribution in [0.15, 0.2) is 30.6 Å². The first-order chi connectivity index (χ1) is 20.3. The lowest BCUT2D eigenvalue weighted by Gasteiger charge is -2.34. The van der Waals surface area contributed by atoms with E-state index in [1.165, 1.54) is 0 Å². The first-order valence-electron chi connectivity index (χ1n) is 14.5. The second-order valence-corrected chi connectivity index (χ2v) is 10.6. The Hall–Kier alpha value is -3.49. The Bertz CT molecular complexity index is 1290. The third-order valence-corrected chi connectivity index (χ3v) is 7.49. The van der Waals surface area contributed by atoms with E-state index in [4.69, 9.17) is 20.2 Å². The van der Waals surface area contributed by atoms with Crippen LogP contribution < -0.4 is 10.2 Å². The van der Waals surface area contributed by atoms with Gasteiger partial charge < -0.3 is 30.6 Å². The summed E-state index contributed by atoms with van der Waals surface area (Å²) in [6, 6.07) is 5.75. The van der Waals surface area contributed by atoms with E-state index in [0.717, 1.165) is 50.2 Å². The first kappa shape index (κ1) is 31.4. The zero-order valence-electron chi connectivity index (χ0n) is 24.4. The predicted octanol–water partition coefficient (Wildman–Crippen LogP) is 1.63. The summed E-state index contributed by atoms with van der Waals surface area (Å²) >= 11 is 0. The molecule has 3 aromatic heterocycles. The molecule has 5 heterocycles. The van der Waals surface area contributed by atoms with Crippen molar-refractivity contribution in [1.29, 1.82) is 0 Å². The molecule has 5 rings (SSSR count). The predicted molar refractivity (Wildman–Crippen MR) is 160 cm³/mol. The fourth-order valence-corrected chi connectivity index (χ4v) is 5.15. The lowest BCUT2D eigenvalue weighted by molar-refractivity contribution is -0.142. The smallest absolute Gasteiger partial charge is 0.306 e. The molecule has 0 radical (unpaired) electrons. The van der Waals surface area contributed by atoms with Gasteiger partial charge in [0.05, 0.1) is 24.3 Å². The topological polar surface area (TPSA) is 171 Å². The molecule has 0 unspecified atom stereocenters. The highest BCUT2D eigenvalue weighted by Gasteiger charge is 2.27. The average Bonchev–Trinajstić information content (AvgIpc) is 2.99. The van der Waals surface area contributed by atoms with Crippen LogP contribution in [0.4, 0.5) is 17.6 Å². The Morgan fingerprint density at radius 2 is 1.71 bits per heavy atom. The number of piperazine rings is 1. The van der Waals surface area contributed by atoms with E-state index in [1.807, 2.05) is 23.2 Å². The molecule has 228 valence electrons. The van der Waals surface area contributed by atoms with Gasteiger partial charge in [0.25, 0.3) is 0 Å². The van der Waals surface area contributed by atoms with E-state index in [0.29, 0.717) is 54.7 Å². The van der Waals surface area contributed by atoms with Gasteiger partial charge >= 0.3 is 5.97 Å². The Morgan fingerprint density at radius 1 is 1.02 bits per heavy atom. The molecule has 0 bridgehead atoms. The Balaban J connectivity index is 0.00000129. The van der Waals surface area contributed by atoms with Crippen molar-refractivity contribution in [3.63, 3.8) is 0 Å². The number of pyridine rings is 2. The number of nitrogens with one attached hydrogen (secondary N) is 1. The van der Waals surface area contributed by atoms with Gasteiger partial charge in [-0.05, 0) is 44.4 Å². The molecule has 5 N–H and O–H groups in total. The molecular formula is C29H42N8O5. The lowest BCUT2D eigenvalue weighted by atomic mass is 9.97. The van der Waals surface area contributed by atoms with Crippen molar-refractivity contribution in [1.82, 2.24) is 29.7 Å². The maximum absolute atomic E-state index is 11.4. The molecule has 13 heteroatoms. The Morgan fingerprint density at radius 3 is 2.31 bits per heavy atom. The van der Waals surface area contributed by atoms with Gasteiger partial charge in [-0.1, -0.05) is 6.07 Å². The molecule has 0 spiro atoms. The number of carboxylic acids is 1. The molecule has 42 heavy (non-hydrogen) atoms. The van der Waals surface area contributed by atoms with E-state index < -0.39 is 12.1 Å². The molecule has 0 aliphatic carbocycles. The van der Waals surface area contributed by atoms with Crippen LogP contribution in [0.5, 0.6) is 0 Å². The summed E-state index contributed by atoms with van der Waals surface area (Å²) in [7, 11) is 0. The number of fused-ring (bicyclic) bond motifs is 1. The minimum Gasteiger partial charge on any atom is -0.481 e. The van der Waals surface area contributed by atoms with Crippen LogP contribution in [0.25, 0.3) is 10.9 Å². The Kier molecular flexibility index (Phi) is 11.3. The highest BCUT2D eigenvalue weighted by molar-refractivity contribution is 5.89. The molecular weight excluding hydrogens is 540 g/mol. The molecule has 2 saturated heterocycles. The summed E-state index contributed by atoms with van der Waals surface area (Å²) < 4.78 is 0. The van der Waals surface area contributed by atoms with Crippen LogP contribution >= 0.6 is 0 Å². The summed E-state index contributed by atoms with van der Waals surface area (Å²) in [4.78, 5) is 36.6. The van der Waals surface area contributed by atoms with Crippen LogP contribution in [0.3, 0.4) is 0 Å². The fraction of sp³-hybridized carbons (Fsp3) is 0.552. The normalized spacial score (nSPS) is 17.5. The number of rotatable bonds is 9. The highest BCUT2D eigenvalue weighted by atomic mass is 16.4. The minimum atomic E-state index is -0.766. The van der Waals surface area contributed by atoms with Crippen LogP contribution in [0, 0.1) is 5.92 Å². The summed E-state index contributed by atoms with van der Waals surface area (Å²) in [5.74, 6) is 0.515. The van der Waals surface area contributed by atoms with E-state index in [1.54, 1.807) is 26.1 Å². The first-order valence-corrected chi connectivity index (χ1v) is 14.5. The molecule has 0 aromatic carbocycles. The third-order valence-electron chi connectivity index (χ3n) is 7.49. The van der Waals surface area contributed by atoms with E-state index >= 15 is 0 Å². The largest absolute Gasteiger partial charge is 0.481 e. The van der Waals surface area contributed by atoms with Gasteiger partial charge in [-0.15, -0.1) is 0 Å². The summed E-state index contributed by atoms with van der Waals surface area (Å²) in [5.41, 5.74) is 2.29. The maximum atomic E-state index is 11.4. The Labute approximate surface area is 245 Å². The van der Waals surface area contributed by atoms with E-state index in [9.17, 15) is 15.0 Å². The van der Waals surface area contributed by atoms with Gasteiger partial charge in [0.1, 0.15) is 11.3 Å². The maximum Gasteiger partial charge on any atom is 0.306 e. The summed E-state index contributed by atoms with van der Waals surface area (Å²) in [5, 5.41) is 40.2. The van der Waals surface area contributed by atoms with Gasteiger partial charge in [-0.3, -0.25) is 14.6 Å². The van der Waals surface area contributed by atoms with Gasteiger partial charge in [0.2, 0.25) is 5.95 Å². The summed E-state index contributed by atoms with van der Waals surface area (Å²) in [6.07, 6.45) is 3.87. The lowest BCUT2D eigenvalue weighted by Crippen LogP contribution is -2.46. The molecule has 3 aromatic rings. The van der Waals surface area contributed by atoms with E-state index in [2.05, 4.69) is 25.1 Å². The van der Waals surface area contributed by atoms with Gasteiger partial charge in [-0.2, -0.15) is 0 Å². The van der Waals surface area contributed by atoms with Crippen molar-refractivity contribution >= 4 is 34.5 Å². The van der Waals surface area contributed by atoms with E-state index in [-0.39, 0.29) is 19.1 Å². The number of aliphatic carboxylic acids is 1. The number of aliphatic hydroxyl groups excluding tert-OH is 3. The van der Waals surface area contributed by atoms with Gasteiger partial charge in [0, 0.05) is 76.7 Å². The molecule has 0 saturated carbocycles. The van der Waals surface area contributed by atoms with Crippen molar-refractivity contribution in [2.45, 2.75) is 39.3 Å². The number of hydrogen-bond donors (Lipinski definition) is 5. The number of aliphatic hydroxyl groups is 3. The van der Waals surface area contributed by atoms with Crippen molar-refractivity contribution in [3.8, 4) is 0 Å². The second-order valence-electron chi connectivity index (χ2n) is 10.6. The molecule has 2 aliphatic rings. The third kappa shape index (κ3) is 8.29. The zero-order valence-corrected chi connectivity index (χ0v) is 24.4. The molecule has 2 aliphatic heterocycles. The van der Waals surface area contributed by atoms with Crippen LogP contribution in [-0.4, -0.2) is 115 Å². The number of β-amino-alcohol motifs (C(OH)–C–C–N with tert-alkyl or cyclic N) is 1. The quantitative estimate of drug-likeness (QED) is 0.247. The standard InChI is InChI=1S/C27H36N8O4.C2H6O/c1-18(37)22-14-21-16-29-27(32-24(21)25(30-22)35-6-4-20(5-7-35)26(38)39)31-23-3-2-19(15-28-23)17-34-10-8-33(9-11-34)12-13-36;1-2-3/h2-3,14-16,18,20,36-37H,4-13,17H2,1H3,(H,38,39)(H,28,29,31,32);3H,2H2,1H3/t18-;/m1./s1. The summed E-state index contributed by atoms with van der Waals surface area (Å²) in [6.45, 7) is 10.3. The fourth-order valence-electron chi connectivity index (χ4n) is 5.15. The number of nitrogens with zero attached hydrogens (tertiary/aromatic N) is 7. The van der Waals surface area contributed by atoms with Gasteiger partial charge in [0.15, 0.2) is 5.82 Å². The van der Waals surface area contributed by atoms with Crippen molar-refractivity contribution in [2.75, 3.05) is 69.2 Å². The molecule has 0 amide bonds. The SMILES string of the molecule is CCO.C[C@@H](O)c1cc2cnc(Nc3ccc(CN4CCN(CCO)CC4)cn3)nc2c(N2CCC(C(=O)O)CC2)n1. The van der Waals surface area contributed by atoms with Crippen molar-refractivity contribution < 1.29 is 25.2 Å². The number of carbonyl (C=O) groups is 1. The zero-order chi connectivity index (χ0) is 30.1. The number of piperidine rings is 1. The van der Waals surface area contributed by atoms with Crippen molar-refractivity contribution in [3.05, 3.63) is 41.9 Å². The number of hydrogen-bond acceptors (Lipinski definition) is 12. The number of anilines is 3. The van der Waals surface area contributed by atoms with Crippen LogP contribution in [0.1, 0.15) is 44.1 Å². The second kappa shape index (κ2) is 15.1. The molecule has 13 nitrogen and oxygen atoms in total. The van der Waals surface area contributed by atoms with Crippen LogP contribution in [-0.2, 0) is 11.3 Å². The highest BCUT2D eigenvalue weighted by Crippen LogP contribution is 2.30. The van der Waals surface area contributed by atoms with Crippen LogP contribution in [0.2, 0.25) is 0 Å². The monoisotopic (exact) mass is 582 g/mol.